The molecule has 0 radical (unpaired) electrons. The summed E-state index contributed by atoms with van der Waals surface area (Å²) in [6.07, 6.45) is 1.50. The van der Waals surface area contributed by atoms with Crippen molar-refractivity contribution in [2.45, 2.75) is 26.0 Å². The van der Waals surface area contributed by atoms with Crippen molar-refractivity contribution in [1.29, 1.82) is 0 Å². The molecule has 0 spiro atoms. The number of hydrogen-bond acceptors (Lipinski definition) is 5. The summed E-state index contributed by atoms with van der Waals surface area (Å²) >= 11 is 7.21. The zero-order valence-corrected chi connectivity index (χ0v) is 11.1. The van der Waals surface area contributed by atoms with E-state index in [4.69, 9.17) is 16.3 Å². The van der Waals surface area contributed by atoms with Gasteiger partial charge in [-0.3, -0.25) is 4.90 Å². The van der Waals surface area contributed by atoms with Crippen molar-refractivity contribution in [2.75, 3.05) is 20.2 Å². The van der Waals surface area contributed by atoms with E-state index in [0.717, 1.165) is 24.6 Å². The van der Waals surface area contributed by atoms with E-state index in [1.54, 1.807) is 7.11 Å². The van der Waals surface area contributed by atoms with Crippen molar-refractivity contribution in [1.82, 2.24) is 15.1 Å². The quantitative estimate of drug-likeness (QED) is 0.835. The summed E-state index contributed by atoms with van der Waals surface area (Å²) in [6.45, 7) is 5.14. The molecule has 16 heavy (non-hydrogen) atoms. The third-order valence-corrected chi connectivity index (χ3v) is 4.08. The number of halogens is 1. The number of piperidine rings is 1. The van der Waals surface area contributed by atoms with Crippen LogP contribution in [-0.2, 0) is 11.3 Å². The first kappa shape index (κ1) is 12.2. The van der Waals surface area contributed by atoms with Crippen molar-refractivity contribution in [3.8, 4) is 0 Å². The van der Waals surface area contributed by atoms with Gasteiger partial charge in [0, 0.05) is 13.7 Å². The minimum absolute atomic E-state index is 0.331. The highest BCUT2D eigenvalue weighted by Crippen LogP contribution is 2.22. The van der Waals surface area contributed by atoms with Gasteiger partial charge in [-0.25, -0.2) is 0 Å². The summed E-state index contributed by atoms with van der Waals surface area (Å²) in [7, 11) is 1.78. The molecule has 6 heteroatoms. The molecule has 1 aliphatic heterocycles. The van der Waals surface area contributed by atoms with Crippen LogP contribution in [0, 0.1) is 5.92 Å². The highest BCUT2D eigenvalue weighted by Gasteiger charge is 2.26. The fraction of sp³-hybridized carbons (Fsp3) is 0.800. The van der Waals surface area contributed by atoms with Crippen LogP contribution in [0.3, 0.4) is 0 Å². The summed E-state index contributed by atoms with van der Waals surface area (Å²) in [6, 6.07) is 0. The summed E-state index contributed by atoms with van der Waals surface area (Å²) in [5.41, 5.74) is 0. The van der Waals surface area contributed by atoms with Crippen molar-refractivity contribution < 1.29 is 4.74 Å². The van der Waals surface area contributed by atoms with Crippen molar-refractivity contribution in [3.05, 3.63) is 9.47 Å². The molecule has 2 heterocycles. The number of nitrogens with zero attached hydrogens (tertiary/aromatic N) is 3. The first-order chi connectivity index (χ1) is 7.69. The largest absolute Gasteiger partial charge is 0.380 e. The molecule has 2 atom stereocenters. The second-order valence-electron chi connectivity index (χ2n) is 4.22. The molecule has 1 aliphatic rings. The first-order valence-corrected chi connectivity index (χ1v) is 6.61. The van der Waals surface area contributed by atoms with E-state index in [-0.39, 0.29) is 0 Å². The molecule has 1 aromatic heterocycles. The van der Waals surface area contributed by atoms with Crippen LogP contribution in [0.2, 0.25) is 4.47 Å². The number of aromatic nitrogens is 2. The van der Waals surface area contributed by atoms with Gasteiger partial charge in [-0.1, -0.05) is 18.3 Å². The first-order valence-electron chi connectivity index (χ1n) is 5.42. The number of rotatable bonds is 3. The molecule has 4 nitrogen and oxygen atoms in total. The van der Waals surface area contributed by atoms with Gasteiger partial charge in [-0.05, 0) is 30.5 Å². The van der Waals surface area contributed by atoms with E-state index >= 15 is 0 Å². The van der Waals surface area contributed by atoms with E-state index in [9.17, 15) is 0 Å². The molecule has 1 fully saturated rings. The minimum Gasteiger partial charge on any atom is -0.380 e. The molecule has 0 amide bonds. The molecule has 0 saturated carbocycles. The van der Waals surface area contributed by atoms with E-state index in [1.165, 1.54) is 17.8 Å². The Morgan fingerprint density at radius 2 is 2.38 bits per heavy atom. The van der Waals surface area contributed by atoms with Gasteiger partial charge in [0.1, 0.15) is 5.01 Å². The fourth-order valence-corrected chi connectivity index (χ4v) is 2.95. The van der Waals surface area contributed by atoms with Crippen LogP contribution in [0.15, 0.2) is 0 Å². The molecule has 2 unspecified atom stereocenters. The number of likely N-dealkylation sites (tertiary alicyclic amines) is 1. The Labute approximate surface area is 105 Å². The van der Waals surface area contributed by atoms with Gasteiger partial charge < -0.3 is 4.74 Å². The number of methoxy groups -OCH3 is 1. The van der Waals surface area contributed by atoms with E-state index in [0.29, 0.717) is 16.5 Å². The van der Waals surface area contributed by atoms with Crippen molar-refractivity contribution in [2.24, 2.45) is 5.92 Å². The molecule has 2 rings (SSSR count). The zero-order chi connectivity index (χ0) is 11.5. The Balaban J connectivity index is 1.91. The second-order valence-corrected chi connectivity index (χ2v) is 5.87. The van der Waals surface area contributed by atoms with Gasteiger partial charge in [-0.15, -0.1) is 10.2 Å². The lowest BCUT2D eigenvalue weighted by Gasteiger charge is -2.35. The molecule has 0 N–H and O–H groups in total. The Bertz CT molecular complexity index is 347. The molecule has 0 aromatic carbocycles. The highest BCUT2D eigenvalue weighted by atomic mass is 35.5. The smallest absolute Gasteiger partial charge is 0.207 e. The van der Waals surface area contributed by atoms with E-state index in [1.807, 2.05) is 0 Å². The monoisotopic (exact) mass is 261 g/mol. The van der Waals surface area contributed by atoms with Gasteiger partial charge in [-0.2, -0.15) is 0 Å². The summed E-state index contributed by atoms with van der Waals surface area (Å²) < 4.78 is 5.99. The van der Waals surface area contributed by atoms with Gasteiger partial charge in [0.25, 0.3) is 0 Å². The molecule has 1 saturated heterocycles. The molecular formula is C10H16ClN3OS. The molecule has 1 aromatic rings. The van der Waals surface area contributed by atoms with Gasteiger partial charge in [0.2, 0.25) is 4.47 Å². The Hall–Kier alpha value is -0.230. The maximum Gasteiger partial charge on any atom is 0.207 e. The van der Waals surface area contributed by atoms with Crippen LogP contribution >= 0.6 is 22.9 Å². The molecular weight excluding hydrogens is 246 g/mol. The second kappa shape index (κ2) is 5.40. The predicted octanol–water partition coefficient (Wildman–Crippen LogP) is 2.05. The predicted molar refractivity (Wildman–Crippen MR) is 64.8 cm³/mol. The topological polar surface area (TPSA) is 38.2 Å². The van der Waals surface area contributed by atoms with Crippen molar-refractivity contribution in [3.63, 3.8) is 0 Å². The van der Waals surface area contributed by atoms with Crippen LogP contribution < -0.4 is 0 Å². The zero-order valence-electron chi connectivity index (χ0n) is 9.52. The molecule has 0 bridgehead atoms. The van der Waals surface area contributed by atoms with Gasteiger partial charge in [0.05, 0.1) is 12.6 Å². The average Bonchev–Trinajstić information content (AvgIpc) is 2.67. The van der Waals surface area contributed by atoms with E-state index < -0.39 is 0 Å². The summed E-state index contributed by atoms with van der Waals surface area (Å²) in [5.74, 6) is 0.638. The van der Waals surface area contributed by atoms with Crippen LogP contribution in [0.1, 0.15) is 18.4 Å². The molecule has 90 valence electrons. The van der Waals surface area contributed by atoms with Crippen LogP contribution in [0.5, 0.6) is 0 Å². The van der Waals surface area contributed by atoms with Crippen molar-refractivity contribution >= 4 is 22.9 Å². The lowest BCUT2D eigenvalue weighted by atomic mass is 9.96. The highest BCUT2D eigenvalue weighted by molar-refractivity contribution is 7.15. The summed E-state index contributed by atoms with van der Waals surface area (Å²) in [4.78, 5) is 2.35. The Kier molecular flexibility index (Phi) is 4.13. The average molecular weight is 262 g/mol. The lowest BCUT2D eigenvalue weighted by Crippen LogP contribution is -2.43. The Morgan fingerprint density at radius 3 is 3.00 bits per heavy atom. The van der Waals surface area contributed by atoms with Gasteiger partial charge >= 0.3 is 0 Å². The normalized spacial score (nSPS) is 27.2. The summed E-state index contributed by atoms with van der Waals surface area (Å²) in [5, 5.41) is 8.83. The van der Waals surface area contributed by atoms with Gasteiger partial charge in [0.15, 0.2) is 0 Å². The third kappa shape index (κ3) is 2.91. The maximum absolute atomic E-state index is 5.76. The lowest BCUT2D eigenvalue weighted by molar-refractivity contribution is -0.00751. The third-order valence-electron chi connectivity index (χ3n) is 3.08. The Morgan fingerprint density at radius 1 is 1.56 bits per heavy atom. The molecule has 0 aliphatic carbocycles. The van der Waals surface area contributed by atoms with Crippen LogP contribution in [0.25, 0.3) is 0 Å². The van der Waals surface area contributed by atoms with E-state index in [2.05, 4.69) is 22.0 Å². The standard InChI is InChI=1S/C10H16ClN3OS/c1-7-3-4-14(5-8(7)15-2)6-9-12-13-10(11)16-9/h7-8H,3-6H2,1-2H3. The van der Waals surface area contributed by atoms with Crippen LogP contribution in [-0.4, -0.2) is 41.4 Å². The minimum atomic E-state index is 0.331. The van der Waals surface area contributed by atoms with Crippen LogP contribution in [0.4, 0.5) is 0 Å². The maximum atomic E-state index is 5.76. The fourth-order valence-electron chi connectivity index (χ4n) is 2.04. The number of hydrogen-bond donors (Lipinski definition) is 0. The number of ether oxygens (including phenoxy) is 1. The SMILES string of the molecule is COC1CN(Cc2nnc(Cl)s2)CCC1C.